The average molecular weight is 340 g/mol. The molecule has 0 unspecified atom stereocenters. The second-order valence-electron chi connectivity index (χ2n) is 8.25. The number of fused-ring (bicyclic) bond motifs is 3. The minimum absolute atomic E-state index is 0.354. The average Bonchev–Trinajstić information content (AvgIpc) is 3.14. The van der Waals surface area contributed by atoms with Crippen LogP contribution in [0, 0.1) is 0 Å². The molecule has 0 bridgehead atoms. The maximum atomic E-state index is 10.6. The number of ether oxygens (including phenoxy) is 4. The molecule has 2 saturated heterocycles. The van der Waals surface area contributed by atoms with Gasteiger partial charge >= 0.3 is 0 Å². The predicted molar refractivity (Wildman–Crippen MR) is 83.1 cm³/mol. The van der Waals surface area contributed by atoms with Gasteiger partial charge in [-0.1, -0.05) is 12.8 Å². The standard InChI is InChI=1S/C18H28O6/c19-11-12(20)14-16(24-18(22-14)9-5-2-6-10-18)15-13(11)21-17(23-15)7-3-1-4-8-17/h11-16,19-20H,1-10H2/t11-,12+,13-,14-,15+,16-/m0/s1. The third-order valence-corrected chi connectivity index (χ3v) is 6.63. The molecule has 0 amide bonds. The number of hydrogen-bond donors (Lipinski definition) is 2. The maximum Gasteiger partial charge on any atom is 0.169 e. The predicted octanol–water partition coefficient (Wildman–Crippen LogP) is 1.61. The molecule has 3 aliphatic carbocycles. The Balaban J connectivity index is 1.42. The van der Waals surface area contributed by atoms with E-state index in [1.807, 2.05) is 0 Å². The van der Waals surface area contributed by atoms with Gasteiger partial charge in [-0.25, -0.2) is 0 Å². The molecule has 136 valence electrons. The summed E-state index contributed by atoms with van der Waals surface area (Å²) in [5, 5.41) is 21.2. The van der Waals surface area contributed by atoms with Crippen molar-refractivity contribution in [2.24, 2.45) is 0 Å². The SMILES string of the molecule is O[C@@H]1[C@H](O)[C@@H]2OC3(CCCCC3)O[C@H]2[C@H]2OC3(CCCCC3)O[C@@H]12. The van der Waals surface area contributed by atoms with Gasteiger partial charge in [0, 0.05) is 25.7 Å². The Morgan fingerprint density at radius 3 is 1.21 bits per heavy atom. The Kier molecular flexibility index (Phi) is 3.75. The third-order valence-electron chi connectivity index (χ3n) is 6.63. The number of hydrogen-bond acceptors (Lipinski definition) is 6. The summed E-state index contributed by atoms with van der Waals surface area (Å²) in [6.45, 7) is 0. The van der Waals surface area contributed by atoms with E-state index in [4.69, 9.17) is 18.9 Å². The highest BCUT2D eigenvalue weighted by atomic mass is 16.8. The third kappa shape index (κ3) is 2.31. The summed E-state index contributed by atoms with van der Waals surface area (Å²) in [6.07, 6.45) is 6.38. The molecule has 0 aromatic heterocycles. The van der Waals surface area contributed by atoms with E-state index in [0.717, 1.165) is 51.4 Å². The molecule has 3 saturated carbocycles. The summed E-state index contributed by atoms with van der Waals surface area (Å²) < 4.78 is 25.1. The molecule has 5 fully saturated rings. The first-order chi connectivity index (χ1) is 11.6. The Morgan fingerprint density at radius 2 is 0.833 bits per heavy atom. The van der Waals surface area contributed by atoms with E-state index in [9.17, 15) is 10.2 Å². The van der Waals surface area contributed by atoms with Crippen LogP contribution in [0.5, 0.6) is 0 Å². The van der Waals surface area contributed by atoms with E-state index >= 15 is 0 Å². The zero-order chi connectivity index (χ0) is 16.4. The lowest BCUT2D eigenvalue weighted by Crippen LogP contribution is -2.61. The monoisotopic (exact) mass is 340 g/mol. The van der Waals surface area contributed by atoms with Gasteiger partial charge in [-0.2, -0.15) is 0 Å². The summed E-state index contributed by atoms with van der Waals surface area (Å²) in [7, 11) is 0. The van der Waals surface area contributed by atoms with Crippen LogP contribution < -0.4 is 0 Å². The van der Waals surface area contributed by atoms with Gasteiger partial charge in [-0.05, 0) is 25.7 Å². The fourth-order valence-electron chi connectivity index (χ4n) is 5.39. The Morgan fingerprint density at radius 1 is 0.500 bits per heavy atom. The van der Waals surface area contributed by atoms with Crippen LogP contribution in [0.2, 0.25) is 0 Å². The fourth-order valence-corrected chi connectivity index (χ4v) is 5.39. The van der Waals surface area contributed by atoms with Crippen LogP contribution in [0.1, 0.15) is 64.2 Å². The van der Waals surface area contributed by atoms with Gasteiger partial charge < -0.3 is 29.2 Å². The van der Waals surface area contributed by atoms with Gasteiger partial charge in [0.1, 0.15) is 36.6 Å². The molecule has 5 aliphatic rings. The summed E-state index contributed by atoms with van der Waals surface area (Å²) in [5.74, 6) is -1.20. The van der Waals surface area contributed by atoms with Crippen LogP contribution >= 0.6 is 0 Å². The zero-order valence-electron chi connectivity index (χ0n) is 14.1. The fraction of sp³-hybridized carbons (Fsp3) is 1.00. The van der Waals surface area contributed by atoms with Gasteiger partial charge in [0.05, 0.1) is 0 Å². The van der Waals surface area contributed by atoms with E-state index in [-0.39, 0.29) is 12.2 Å². The first-order valence-corrected chi connectivity index (χ1v) is 9.69. The Bertz CT molecular complexity index is 440. The number of aliphatic hydroxyl groups is 2. The molecule has 0 aromatic carbocycles. The molecule has 0 aromatic rings. The van der Waals surface area contributed by atoms with Crippen molar-refractivity contribution in [3.05, 3.63) is 0 Å². The van der Waals surface area contributed by atoms with Crippen LogP contribution in [-0.4, -0.2) is 58.4 Å². The molecule has 24 heavy (non-hydrogen) atoms. The highest BCUT2D eigenvalue weighted by Gasteiger charge is 2.65. The van der Waals surface area contributed by atoms with Crippen molar-refractivity contribution in [2.75, 3.05) is 0 Å². The van der Waals surface area contributed by atoms with Crippen LogP contribution in [0.4, 0.5) is 0 Å². The second kappa shape index (κ2) is 5.63. The second-order valence-corrected chi connectivity index (χ2v) is 8.25. The minimum atomic E-state index is -0.986. The summed E-state index contributed by atoms with van der Waals surface area (Å²) in [4.78, 5) is 0. The molecule has 2 heterocycles. The van der Waals surface area contributed by atoms with Gasteiger partial charge in [-0.3, -0.25) is 0 Å². The lowest BCUT2D eigenvalue weighted by atomic mass is 9.85. The number of aliphatic hydroxyl groups excluding tert-OH is 2. The Labute approximate surface area is 142 Å². The van der Waals surface area contributed by atoms with Crippen molar-refractivity contribution in [1.82, 2.24) is 0 Å². The molecule has 6 atom stereocenters. The van der Waals surface area contributed by atoms with Gasteiger partial charge in [0.15, 0.2) is 11.6 Å². The van der Waals surface area contributed by atoms with Crippen molar-refractivity contribution in [3.8, 4) is 0 Å². The van der Waals surface area contributed by atoms with Gasteiger partial charge in [0.25, 0.3) is 0 Å². The highest BCUT2D eigenvalue weighted by Crippen LogP contribution is 2.51. The molecule has 5 rings (SSSR count). The van der Waals surface area contributed by atoms with E-state index < -0.39 is 36.0 Å². The largest absolute Gasteiger partial charge is 0.387 e. The van der Waals surface area contributed by atoms with Crippen molar-refractivity contribution < 1.29 is 29.2 Å². The first kappa shape index (κ1) is 16.0. The van der Waals surface area contributed by atoms with Crippen molar-refractivity contribution in [3.63, 3.8) is 0 Å². The lowest BCUT2D eigenvalue weighted by Gasteiger charge is -2.38. The Hall–Kier alpha value is -0.240. The summed E-state index contributed by atoms with van der Waals surface area (Å²) in [5.41, 5.74) is 0. The van der Waals surface area contributed by atoms with Gasteiger partial charge in [0.2, 0.25) is 0 Å². The number of rotatable bonds is 0. The van der Waals surface area contributed by atoms with Gasteiger partial charge in [-0.15, -0.1) is 0 Å². The quantitative estimate of drug-likeness (QED) is 0.698. The summed E-state index contributed by atoms with van der Waals surface area (Å²) in [6, 6.07) is 0. The minimum Gasteiger partial charge on any atom is -0.387 e. The summed E-state index contributed by atoms with van der Waals surface area (Å²) >= 11 is 0. The van der Waals surface area contributed by atoms with Crippen molar-refractivity contribution in [2.45, 2.75) is 112 Å². The van der Waals surface area contributed by atoms with Crippen molar-refractivity contribution in [1.29, 1.82) is 0 Å². The van der Waals surface area contributed by atoms with Crippen LogP contribution in [0.3, 0.4) is 0 Å². The molecule has 6 nitrogen and oxygen atoms in total. The smallest absolute Gasteiger partial charge is 0.169 e. The van der Waals surface area contributed by atoms with Crippen LogP contribution in [0.15, 0.2) is 0 Å². The molecule has 6 heteroatoms. The van der Waals surface area contributed by atoms with E-state index in [1.54, 1.807) is 0 Å². The first-order valence-electron chi connectivity index (χ1n) is 9.69. The lowest BCUT2D eigenvalue weighted by molar-refractivity contribution is -0.224. The molecular weight excluding hydrogens is 312 g/mol. The highest BCUT2D eigenvalue weighted by molar-refractivity contribution is 5.09. The molecule has 2 aliphatic heterocycles. The van der Waals surface area contributed by atoms with Crippen LogP contribution in [-0.2, 0) is 18.9 Å². The molecule has 2 N–H and O–H groups in total. The zero-order valence-corrected chi connectivity index (χ0v) is 14.1. The molecule has 2 spiro atoms. The maximum absolute atomic E-state index is 10.6. The van der Waals surface area contributed by atoms with Crippen molar-refractivity contribution >= 4 is 0 Å². The molecular formula is C18H28O6. The van der Waals surface area contributed by atoms with Crippen LogP contribution in [0.25, 0.3) is 0 Å². The molecule has 0 radical (unpaired) electrons. The van der Waals surface area contributed by atoms with E-state index in [1.165, 1.54) is 12.8 Å². The normalized spacial score (nSPS) is 49.2. The van der Waals surface area contributed by atoms with E-state index in [0.29, 0.717) is 0 Å². The topological polar surface area (TPSA) is 77.4 Å². The van der Waals surface area contributed by atoms with E-state index in [2.05, 4.69) is 0 Å².